The van der Waals surface area contributed by atoms with E-state index in [1.165, 1.54) is 25.0 Å². The molecule has 0 aromatic rings. The SMILES string of the molecule is C=C(C)C(=C)C1CCCN1C. The van der Waals surface area contributed by atoms with Crippen LogP contribution in [0, 0.1) is 0 Å². The van der Waals surface area contributed by atoms with E-state index >= 15 is 0 Å². The third-order valence-corrected chi connectivity index (χ3v) is 2.47. The molecule has 0 N–H and O–H groups in total. The van der Waals surface area contributed by atoms with Crippen LogP contribution in [0.15, 0.2) is 24.3 Å². The van der Waals surface area contributed by atoms with E-state index in [-0.39, 0.29) is 0 Å². The third-order valence-electron chi connectivity index (χ3n) is 2.47. The lowest BCUT2D eigenvalue weighted by Gasteiger charge is -2.21. The lowest BCUT2D eigenvalue weighted by Crippen LogP contribution is -2.26. The molecule has 1 aliphatic rings. The molecule has 11 heavy (non-hydrogen) atoms. The van der Waals surface area contributed by atoms with Gasteiger partial charge in [0.15, 0.2) is 0 Å². The molecule has 1 fully saturated rings. The van der Waals surface area contributed by atoms with E-state index in [4.69, 9.17) is 0 Å². The van der Waals surface area contributed by atoms with Crippen molar-refractivity contribution in [1.29, 1.82) is 0 Å². The molecule has 0 saturated carbocycles. The Labute approximate surface area is 69.4 Å². The Hall–Kier alpha value is -0.560. The standard InChI is InChI=1S/C10H17N/c1-8(2)9(3)10-6-5-7-11(10)4/h10H,1,3,5-7H2,2,4H3. The highest BCUT2D eigenvalue weighted by atomic mass is 15.1. The first-order valence-electron chi connectivity index (χ1n) is 4.18. The van der Waals surface area contributed by atoms with E-state index in [9.17, 15) is 0 Å². The van der Waals surface area contributed by atoms with Crippen LogP contribution in [0.25, 0.3) is 0 Å². The van der Waals surface area contributed by atoms with Gasteiger partial charge in [-0.25, -0.2) is 0 Å². The van der Waals surface area contributed by atoms with Gasteiger partial charge in [0.05, 0.1) is 0 Å². The average Bonchev–Trinajstić information content (AvgIpc) is 2.33. The van der Waals surface area contributed by atoms with Crippen LogP contribution in [0.2, 0.25) is 0 Å². The van der Waals surface area contributed by atoms with Gasteiger partial charge in [0, 0.05) is 6.04 Å². The van der Waals surface area contributed by atoms with E-state index in [2.05, 4.69) is 25.1 Å². The van der Waals surface area contributed by atoms with Crippen molar-refractivity contribution in [2.45, 2.75) is 25.8 Å². The molecular weight excluding hydrogens is 134 g/mol. The van der Waals surface area contributed by atoms with Crippen LogP contribution in [0.3, 0.4) is 0 Å². The molecule has 0 amide bonds. The summed E-state index contributed by atoms with van der Waals surface area (Å²) in [6, 6.07) is 0.562. The molecule has 1 aliphatic heterocycles. The molecule has 1 atom stereocenters. The first-order chi connectivity index (χ1) is 5.13. The zero-order valence-corrected chi connectivity index (χ0v) is 7.56. The quantitative estimate of drug-likeness (QED) is 0.547. The highest BCUT2D eigenvalue weighted by molar-refractivity contribution is 5.28. The minimum Gasteiger partial charge on any atom is -0.299 e. The number of hydrogen-bond acceptors (Lipinski definition) is 1. The Bertz CT molecular complexity index is 181. The number of rotatable bonds is 2. The molecule has 0 bridgehead atoms. The molecule has 1 heterocycles. The fraction of sp³-hybridized carbons (Fsp3) is 0.600. The van der Waals surface area contributed by atoms with Crippen molar-refractivity contribution in [2.24, 2.45) is 0 Å². The van der Waals surface area contributed by atoms with Gasteiger partial charge in [-0.3, -0.25) is 4.90 Å². The summed E-state index contributed by atoms with van der Waals surface area (Å²) in [6.45, 7) is 11.2. The Morgan fingerprint density at radius 2 is 2.09 bits per heavy atom. The second-order valence-electron chi connectivity index (χ2n) is 3.44. The van der Waals surface area contributed by atoms with Crippen LogP contribution in [0.1, 0.15) is 19.8 Å². The van der Waals surface area contributed by atoms with Crippen molar-refractivity contribution in [2.75, 3.05) is 13.6 Å². The van der Waals surface area contributed by atoms with E-state index in [1.54, 1.807) is 0 Å². The predicted molar refractivity (Wildman–Crippen MR) is 49.6 cm³/mol. The zero-order valence-electron chi connectivity index (χ0n) is 7.56. The molecule has 0 aliphatic carbocycles. The maximum absolute atomic E-state index is 4.05. The molecule has 62 valence electrons. The lowest BCUT2D eigenvalue weighted by molar-refractivity contribution is 0.347. The summed E-state index contributed by atoms with van der Waals surface area (Å²) in [5.74, 6) is 0. The monoisotopic (exact) mass is 151 g/mol. The predicted octanol–water partition coefficient (Wildman–Crippen LogP) is 2.21. The third kappa shape index (κ3) is 1.72. The van der Waals surface area contributed by atoms with Gasteiger partial charge in [-0.15, -0.1) is 0 Å². The molecule has 1 unspecified atom stereocenters. The van der Waals surface area contributed by atoms with Crippen LogP contribution in [-0.4, -0.2) is 24.5 Å². The Kier molecular flexibility index (Phi) is 2.50. The normalized spacial score (nSPS) is 25.5. The largest absolute Gasteiger partial charge is 0.299 e. The van der Waals surface area contributed by atoms with Crippen molar-refractivity contribution in [3.8, 4) is 0 Å². The minimum atomic E-state index is 0.562. The molecule has 1 saturated heterocycles. The summed E-state index contributed by atoms with van der Waals surface area (Å²) in [7, 11) is 2.16. The van der Waals surface area contributed by atoms with Crippen molar-refractivity contribution < 1.29 is 0 Å². The van der Waals surface area contributed by atoms with Crippen LogP contribution in [0.4, 0.5) is 0 Å². The zero-order chi connectivity index (χ0) is 8.43. The second-order valence-corrected chi connectivity index (χ2v) is 3.44. The average molecular weight is 151 g/mol. The number of likely N-dealkylation sites (tertiary alicyclic amines) is 1. The maximum Gasteiger partial charge on any atom is 0.0342 e. The molecule has 1 rings (SSSR count). The molecule has 0 spiro atoms. The van der Waals surface area contributed by atoms with Gasteiger partial charge in [-0.1, -0.05) is 18.7 Å². The van der Waals surface area contributed by atoms with Gasteiger partial charge in [-0.05, 0) is 38.9 Å². The number of nitrogens with zero attached hydrogens (tertiary/aromatic N) is 1. The van der Waals surface area contributed by atoms with Gasteiger partial charge in [0.2, 0.25) is 0 Å². The molecule has 1 heteroatoms. The van der Waals surface area contributed by atoms with E-state index in [0.29, 0.717) is 6.04 Å². The highest BCUT2D eigenvalue weighted by Crippen LogP contribution is 2.24. The van der Waals surface area contributed by atoms with Crippen LogP contribution in [-0.2, 0) is 0 Å². The van der Waals surface area contributed by atoms with Crippen molar-refractivity contribution in [3.63, 3.8) is 0 Å². The van der Waals surface area contributed by atoms with Crippen molar-refractivity contribution in [1.82, 2.24) is 4.90 Å². The molecule has 0 aromatic heterocycles. The summed E-state index contributed by atoms with van der Waals surface area (Å²) in [6.07, 6.45) is 2.55. The second kappa shape index (κ2) is 3.22. The van der Waals surface area contributed by atoms with Crippen LogP contribution >= 0.6 is 0 Å². The molecule has 0 aromatic carbocycles. The molecular formula is C10H17N. The van der Waals surface area contributed by atoms with Gasteiger partial charge in [0.1, 0.15) is 0 Å². The molecule has 0 radical (unpaired) electrons. The Balaban J connectivity index is 2.60. The van der Waals surface area contributed by atoms with Gasteiger partial charge in [0.25, 0.3) is 0 Å². The molecule has 1 nitrogen and oxygen atoms in total. The fourth-order valence-electron chi connectivity index (χ4n) is 1.63. The van der Waals surface area contributed by atoms with E-state index in [0.717, 1.165) is 5.57 Å². The summed E-state index contributed by atoms with van der Waals surface area (Å²) in [5, 5.41) is 0. The summed E-state index contributed by atoms with van der Waals surface area (Å²) >= 11 is 0. The smallest absolute Gasteiger partial charge is 0.0342 e. The van der Waals surface area contributed by atoms with Gasteiger partial charge >= 0.3 is 0 Å². The first kappa shape index (κ1) is 8.54. The lowest BCUT2D eigenvalue weighted by atomic mass is 10.0. The highest BCUT2D eigenvalue weighted by Gasteiger charge is 2.23. The van der Waals surface area contributed by atoms with Gasteiger partial charge in [-0.2, -0.15) is 0 Å². The summed E-state index contributed by atoms with van der Waals surface area (Å²) < 4.78 is 0. The first-order valence-corrected chi connectivity index (χ1v) is 4.18. The van der Waals surface area contributed by atoms with Crippen LogP contribution in [0.5, 0.6) is 0 Å². The number of hydrogen-bond donors (Lipinski definition) is 0. The summed E-state index contributed by atoms with van der Waals surface area (Å²) in [5.41, 5.74) is 2.34. The van der Waals surface area contributed by atoms with E-state index in [1.807, 2.05) is 6.92 Å². The summed E-state index contributed by atoms with van der Waals surface area (Å²) in [4.78, 5) is 2.36. The van der Waals surface area contributed by atoms with Gasteiger partial charge < -0.3 is 0 Å². The Morgan fingerprint density at radius 1 is 1.45 bits per heavy atom. The van der Waals surface area contributed by atoms with Crippen molar-refractivity contribution >= 4 is 0 Å². The maximum atomic E-state index is 4.05. The van der Waals surface area contributed by atoms with Crippen LogP contribution < -0.4 is 0 Å². The fourth-order valence-corrected chi connectivity index (χ4v) is 1.63. The number of likely N-dealkylation sites (N-methyl/N-ethyl adjacent to an activating group) is 1. The van der Waals surface area contributed by atoms with E-state index < -0.39 is 0 Å². The topological polar surface area (TPSA) is 3.24 Å². The minimum absolute atomic E-state index is 0.562. The van der Waals surface area contributed by atoms with Crippen molar-refractivity contribution in [3.05, 3.63) is 24.3 Å². The Morgan fingerprint density at radius 3 is 2.45 bits per heavy atom.